The molecule has 3 aromatic rings. The second kappa shape index (κ2) is 8.26. The predicted octanol–water partition coefficient (Wildman–Crippen LogP) is 3.73. The molecule has 4 rings (SSSR count). The molecule has 1 atom stereocenters. The van der Waals surface area contributed by atoms with Crippen molar-refractivity contribution < 1.29 is 4.79 Å². The molecule has 2 aromatic heterocycles. The van der Waals surface area contributed by atoms with Crippen LogP contribution >= 0.6 is 0 Å². The molecular weight excluding hydrogens is 392 g/mol. The first-order valence-electron chi connectivity index (χ1n) is 10.5. The van der Waals surface area contributed by atoms with Crippen molar-refractivity contribution in [2.24, 2.45) is 5.92 Å². The highest BCUT2D eigenvalue weighted by atomic mass is 16.2. The Hall–Kier alpha value is -3.60. The van der Waals surface area contributed by atoms with E-state index in [2.05, 4.69) is 16.4 Å². The molecule has 160 valence electrons. The van der Waals surface area contributed by atoms with Crippen LogP contribution in [0.2, 0.25) is 0 Å². The Bertz CT molecular complexity index is 1230. The molecule has 0 spiro atoms. The number of nitrogens with one attached hydrogen (secondary N) is 2. The van der Waals surface area contributed by atoms with E-state index in [0.717, 1.165) is 24.1 Å². The van der Waals surface area contributed by atoms with Gasteiger partial charge in [0.2, 0.25) is 0 Å². The van der Waals surface area contributed by atoms with Gasteiger partial charge in [-0.05, 0) is 62.4 Å². The van der Waals surface area contributed by atoms with Crippen LogP contribution in [0.5, 0.6) is 0 Å². The Morgan fingerprint density at radius 2 is 2.19 bits per heavy atom. The number of rotatable bonds is 7. The molecule has 8 heteroatoms. The highest BCUT2D eigenvalue weighted by molar-refractivity contribution is 5.96. The van der Waals surface area contributed by atoms with Crippen molar-refractivity contribution in [2.45, 2.75) is 39.2 Å². The highest BCUT2D eigenvalue weighted by Crippen LogP contribution is 2.43. The van der Waals surface area contributed by atoms with E-state index in [0.29, 0.717) is 41.2 Å². The molecule has 0 saturated heterocycles. The molecule has 1 aromatic carbocycles. The number of carbonyl (C=O) groups excluding carboxylic acids is 1. The predicted molar refractivity (Wildman–Crippen MR) is 119 cm³/mol. The zero-order valence-corrected chi connectivity index (χ0v) is 18.0. The largest absolute Gasteiger partial charge is 0.342 e. The van der Waals surface area contributed by atoms with Crippen molar-refractivity contribution in [3.8, 4) is 6.07 Å². The van der Waals surface area contributed by atoms with E-state index in [4.69, 9.17) is 5.10 Å². The summed E-state index contributed by atoms with van der Waals surface area (Å²) in [5.74, 6) is 0.837. The van der Waals surface area contributed by atoms with Crippen LogP contribution in [0.25, 0.3) is 10.9 Å². The molecule has 0 aliphatic heterocycles. The Kier molecular flexibility index (Phi) is 5.51. The normalized spacial score (nSPS) is 14.3. The lowest BCUT2D eigenvalue weighted by Crippen LogP contribution is -2.26. The molecule has 8 nitrogen and oxygen atoms in total. The van der Waals surface area contributed by atoms with Crippen molar-refractivity contribution in [2.75, 3.05) is 18.9 Å². The number of nitrogens with zero attached hydrogens (tertiary/aromatic N) is 4. The van der Waals surface area contributed by atoms with Crippen LogP contribution in [0.3, 0.4) is 0 Å². The summed E-state index contributed by atoms with van der Waals surface area (Å²) >= 11 is 0. The van der Waals surface area contributed by atoms with E-state index in [1.807, 2.05) is 36.7 Å². The fourth-order valence-electron chi connectivity index (χ4n) is 3.93. The number of carbonyl (C=O) groups is 1. The molecule has 1 amide bonds. The standard InChI is InChI=1S/C23H26N6O2/c1-4-28(3)23(31)17-8-7-16(13-14(17)2)26-21-20-19(10-12-25-22(20)30)29(27-21)18(9-11-24)15-5-6-15/h7-8,10,12-13,15,18H,4-6,9H2,1-3H3,(H,25,30)(H,26,27). The quantitative estimate of drug-likeness (QED) is 0.608. The summed E-state index contributed by atoms with van der Waals surface area (Å²) in [5.41, 5.74) is 2.71. The van der Waals surface area contributed by atoms with Crippen LogP contribution in [-0.4, -0.2) is 39.2 Å². The minimum absolute atomic E-state index is 0.0264. The van der Waals surface area contributed by atoms with E-state index in [9.17, 15) is 14.9 Å². The van der Waals surface area contributed by atoms with Gasteiger partial charge in [-0.3, -0.25) is 14.3 Å². The van der Waals surface area contributed by atoms with Crippen molar-refractivity contribution >= 4 is 28.3 Å². The zero-order valence-electron chi connectivity index (χ0n) is 18.0. The number of H-pyrrole nitrogens is 1. The number of anilines is 2. The second-order valence-corrected chi connectivity index (χ2v) is 8.10. The lowest BCUT2D eigenvalue weighted by Gasteiger charge is -2.16. The first kappa shape index (κ1) is 20.7. The van der Waals surface area contributed by atoms with Crippen LogP contribution in [0, 0.1) is 24.2 Å². The van der Waals surface area contributed by atoms with Gasteiger partial charge in [0.05, 0.1) is 24.0 Å². The van der Waals surface area contributed by atoms with E-state index < -0.39 is 0 Å². The Balaban J connectivity index is 1.72. The lowest BCUT2D eigenvalue weighted by atomic mass is 10.1. The molecule has 31 heavy (non-hydrogen) atoms. The average molecular weight is 419 g/mol. The van der Waals surface area contributed by atoms with Crippen LogP contribution in [0.4, 0.5) is 11.5 Å². The van der Waals surface area contributed by atoms with E-state index in [1.54, 1.807) is 24.2 Å². The van der Waals surface area contributed by atoms with Gasteiger partial charge < -0.3 is 15.2 Å². The van der Waals surface area contributed by atoms with Gasteiger partial charge in [-0.25, -0.2) is 0 Å². The van der Waals surface area contributed by atoms with Gasteiger partial charge in [-0.2, -0.15) is 10.4 Å². The molecule has 0 radical (unpaired) electrons. The maximum atomic E-state index is 12.6. The molecule has 1 aliphatic rings. The fraction of sp³-hybridized carbons (Fsp3) is 0.391. The fourth-order valence-corrected chi connectivity index (χ4v) is 3.93. The molecule has 1 fully saturated rings. The summed E-state index contributed by atoms with van der Waals surface area (Å²) < 4.78 is 1.83. The highest BCUT2D eigenvalue weighted by Gasteiger charge is 2.34. The third kappa shape index (κ3) is 3.91. The van der Waals surface area contributed by atoms with Crippen LogP contribution in [0.1, 0.15) is 48.1 Å². The van der Waals surface area contributed by atoms with E-state index >= 15 is 0 Å². The molecule has 2 N–H and O–H groups in total. The summed E-state index contributed by atoms with van der Waals surface area (Å²) in [4.78, 5) is 29.5. The summed E-state index contributed by atoms with van der Waals surface area (Å²) in [5, 5.41) is 17.7. The van der Waals surface area contributed by atoms with Crippen molar-refractivity contribution in [1.82, 2.24) is 19.7 Å². The third-order valence-electron chi connectivity index (χ3n) is 5.95. The zero-order chi connectivity index (χ0) is 22.1. The van der Waals surface area contributed by atoms with Crippen LogP contribution in [0.15, 0.2) is 35.3 Å². The molecule has 2 heterocycles. The lowest BCUT2D eigenvalue weighted by molar-refractivity contribution is 0.0802. The number of hydrogen-bond acceptors (Lipinski definition) is 5. The number of benzene rings is 1. The van der Waals surface area contributed by atoms with Crippen LogP contribution < -0.4 is 10.9 Å². The average Bonchev–Trinajstić information content (AvgIpc) is 3.53. The van der Waals surface area contributed by atoms with E-state index in [1.165, 1.54) is 0 Å². The van der Waals surface area contributed by atoms with Gasteiger partial charge in [-0.1, -0.05) is 0 Å². The van der Waals surface area contributed by atoms with Gasteiger partial charge in [0, 0.05) is 31.0 Å². The second-order valence-electron chi connectivity index (χ2n) is 8.10. The minimum Gasteiger partial charge on any atom is -0.342 e. The number of amides is 1. The molecule has 1 unspecified atom stereocenters. The number of aryl methyl sites for hydroxylation is 1. The summed E-state index contributed by atoms with van der Waals surface area (Å²) in [7, 11) is 1.77. The van der Waals surface area contributed by atoms with Gasteiger partial charge in [0.25, 0.3) is 11.5 Å². The van der Waals surface area contributed by atoms with E-state index in [-0.39, 0.29) is 17.5 Å². The van der Waals surface area contributed by atoms with Gasteiger partial charge in [0.1, 0.15) is 5.39 Å². The topological polar surface area (TPSA) is 107 Å². The molecular formula is C23H26N6O2. The Labute approximate surface area is 180 Å². The number of pyridine rings is 1. The number of hydrogen-bond donors (Lipinski definition) is 2. The van der Waals surface area contributed by atoms with Crippen LogP contribution in [-0.2, 0) is 0 Å². The first-order chi connectivity index (χ1) is 14.9. The SMILES string of the molecule is CCN(C)C(=O)c1ccc(Nc2nn(C(CC#N)C3CC3)c3cc[nH]c(=O)c23)cc1C. The molecule has 1 aliphatic carbocycles. The Morgan fingerprint density at radius 3 is 2.84 bits per heavy atom. The third-order valence-corrected chi connectivity index (χ3v) is 5.95. The molecule has 1 saturated carbocycles. The van der Waals surface area contributed by atoms with Crippen molar-refractivity contribution in [1.29, 1.82) is 5.26 Å². The number of aromatic amines is 1. The van der Waals surface area contributed by atoms with Gasteiger partial charge >= 0.3 is 0 Å². The summed E-state index contributed by atoms with van der Waals surface area (Å²) in [6.07, 6.45) is 4.10. The number of fused-ring (bicyclic) bond motifs is 1. The maximum Gasteiger partial charge on any atom is 0.261 e. The monoisotopic (exact) mass is 418 g/mol. The summed E-state index contributed by atoms with van der Waals surface area (Å²) in [6.45, 7) is 4.46. The smallest absolute Gasteiger partial charge is 0.261 e. The number of aromatic nitrogens is 3. The Morgan fingerprint density at radius 1 is 1.42 bits per heavy atom. The van der Waals surface area contributed by atoms with Gasteiger partial charge in [-0.15, -0.1) is 0 Å². The van der Waals surface area contributed by atoms with Crippen molar-refractivity contribution in [3.63, 3.8) is 0 Å². The van der Waals surface area contributed by atoms with Crippen molar-refractivity contribution in [3.05, 3.63) is 51.9 Å². The minimum atomic E-state index is -0.231. The molecule has 0 bridgehead atoms. The number of nitriles is 1. The maximum absolute atomic E-state index is 12.6. The summed E-state index contributed by atoms with van der Waals surface area (Å²) in [6, 6.07) is 9.53. The first-order valence-corrected chi connectivity index (χ1v) is 10.5. The van der Waals surface area contributed by atoms with Gasteiger partial charge in [0.15, 0.2) is 5.82 Å².